The molecule has 2 heterocycles. The molecular weight excluding hydrogens is 330 g/mol. The third-order valence-corrected chi connectivity index (χ3v) is 4.90. The van der Waals surface area contributed by atoms with E-state index in [4.69, 9.17) is 11.6 Å². The van der Waals surface area contributed by atoms with E-state index in [0.717, 1.165) is 36.8 Å². The number of piperidine rings is 1. The van der Waals surface area contributed by atoms with Gasteiger partial charge in [0.1, 0.15) is 0 Å². The molecule has 2 N–H and O–H groups in total. The summed E-state index contributed by atoms with van der Waals surface area (Å²) >= 11 is 9.31. The van der Waals surface area contributed by atoms with E-state index in [2.05, 4.69) is 31.5 Å². The highest BCUT2D eigenvalue weighted by molar-refractivity contribution is 9.10. The lowest BCUT2D eigenvalue weighted by Gasteiger charge is -2.23. The van der Waals surface area contributed by atoms with Gasteiger partial charge in [-0.1, -0.05) is 11.6 Å². The van der Waals surface area contributed by atoms with Crippen LogP contribution in [0.15, 0.2) is 16.7 Å². The summed E-state index contributed by atoms with van der Waals surface area (Å²) in [6, 6.07) is 1.78. The van der Waals surface area contributed by atoms with Crippen molar-refractivity contribution in [2.75, 3.05) is 18.4 Å². The molecule has 1 atom stereocenters. The molecule has 1 unspecified atom stereocenters. The Bertz CT molecular complexity index is 517. The van der Waals surface area contributed by atoms with Gasteiger partial charge in [0.2, 0.25) is 5.91 Å². The molecule has 19 heavy (non-hydrogen) atoms. The smallest absolute Gasteiger partial charge is 0.228 e. The van der Waals surface area contributed by atoms with Crippen molar-refractivity contribution in [2.45, 2.75) is 19.3 Å². The molecule has 1 aromatic rings. The van der Waals surface area contributed by atoms with Crippen molar-refractivity contribution in [3.63, 3.8) is 0 Å². The van der Waals surface area contributed by atoms with E-state index in [-0.39, 0.29) is 17.2 Å². The van der Waals surface area contributed by atoms with Crippen molar-refractivity contribution in [3.05, 3.63) is 21.9 Å². The van der Waals surface area contributed by atoms with Gasteiger partial charge in [0.05, 0.1) is 5.69 Å². The molecule has 1 saturated heterocycles. The van der Waals surface area contributed by atoms with Crippen LogP contribution in [0.5, 0.6) is 0 Å². The zero-order chi connectivity index (χ0) is 13.5. The summed E-state index contributed by atoms with van der Waals surface area (Å²) in [5.41, 5.74) is 0.818. The SMILES string of the molecule is O=C(Nc1cc(Br)cnc1Cl)C1CC12CCNCC2. The minimum Gasteiger partial charge on any atom is -0.323 e. The number of hydrogen-bond donors (Lipinski definition) is 2. The summed E-state index contributed by atoms with van der Waals surface area (Å²) in [5.74, 6) is 0.202. The fraction of sp³-hybridized carbons (Fsp3) is 0.538. The molecule has 3 rings (SSSR count). The van der Waals surface area contributed by atoms with Crippen LogP contribution in [-0.2, 0) is 4.79 Å². The molecule has 2 fully saturated rings. The Hall–Kier alpha value is -0.650. The van der Waals surface area contributed by atoms with Gasteiger partial charge in [-0.15, -0.1) is 0 Å². The Balaban J connectivity index is 1.68. The van der Waals surface area contributed by atoms with Crippen molar-refractivity contribution < 1.29 is 4.79 Å². The number of rotatable bonds is 2. The number of nitrogens with one attached hydrogen (secondary N) is 2. The van der Waals surface area contributed by atoms with Crippen molar-refractivity contribution in [2.24, 2.45) is 11.3 Å². The minimum absolute atomic E-state index is 0.0729. The second kappa shape index (κ2) is 5.04. The highest BCUT2D eigenvalue weighted by Gasteiger charge is 2.57. The molecule has 6 heteroatoms. The molecule has 4 nitrogen and oxygen atoms in total. The lowest BCUT2D eigenvalue weighted by Crippen LogP contribution is -2.31. The van der Waals surface area contributed by atoms with E-state index in [1.165, 1.54) is 0 Å². The molecule has 1 aromatic heterocycles. The van der Waals surface area contributed by atoms with E-state index in [1.54, 1.807) is 12.3 Å². The van der Waals surface area contributed by atoms with Crippen molar-refractivity contribution >= 4 is 39.1 Å². The molecule has 1 aliphatic heterocycles. The van der Waals surface area contributed by atoms with E-state index in [9.17, 15) is 4.79 Å². The largest absolute Gasteiger partial charge is 0.323 e. The Morgan fingerprint density at radius 1 is 1.53 bits per heavy atom. The summed E-state index contributed by atoms with van der Waals surface area (Å²) in [6.07, 6.45) is 4.80. The molecule has 0 aromatic carbocycles. The number of carbonyl (C=O) groups is 1. The van der Waals surface area contributed by atoms with E-state index < -0.39 is 0 Å². The van der Waals surface area contributed by atoms with Gasteiger partial charge in [-0.2, -0.15) is 0 Å². The van der Waals surface area contributed by atoms with Crippen LogP contribution >= 0.6 is 27.5 Å². The third-order valence-electron chi connectivity index (χ3n) is 4.17. The summed E-state index contributed by atoms with van der Waals surface area (Å²) in [5, 5.41) is 6.57. The van der Waals surface area contributed by atoms with E-state index in [0.29, 0.717) is 10.8 Å². The van der Waals surface area contributed by atoms with Crippen molar-refractivity contribution in [1.82, 2.24) is 10.3 Å². The van der Waals surface area contributed by atoms with Crippen LogP contribution in [0.2, 0.25) is 5.15 Å². The van der Waals surface area contributed by atoms with Gasteiger partial charge in [-0.05, 0) is 59.8 Å². The minimum atomic E-state index is 0.0729. The fourth-order valence-electron chi connectivity index (χ4n) is 2.93. The molecule has 0 bridgehead atoms. The average Bonchev–Trinajstić information content (AvgIpc) is 3.08. The summed E-state index contributed by atoms with van der Waals surface area (Å²) in [7, 11) is 0. The first kappa shape index (κ1) is 13.3. The van der Waals surface area contributed by atoms with Crippen LogP contribution in [0.25, 0.3) is 0 Å². The van der Waals surface area contributed by atoms with Gasteiger partial charge >= 0.3 is 0 Å². The highest BCUT2D eigenvalue weighted by atomic mass is 79.9. The Labute approximate surface area is 125 Å². The lowest BCUT2D eigenvalue weighted by atomic mass is 9.92. The van der Waals surface area contributed by atoms with Crippen LogP contribution < -0.4 is 10.6 Å². The van der Waals surface area contributed by atoms with Gasteiger partial charge in [0, 0.05) is 16.6 Å². The quantitative estimate of drug-likeness (QED) is 0.811. The molecule has 1 aliphatic carbocycles. The Kier molecular flexibility index (Phi) is 3.53. The zero-order valence-corrected chi connectivity index (χ0v) is 12.7. The topological polar surface area (TPSA) is 54.0 Å². The average molecular weight is 345 g/mol. The predicted octanol–water partition coefficient (Wildman–Crippen LogP) is 2.83. The van der Waals surface area contributed by atoms with Gasteiger partial charge in [0.15, 0.2) is 5.15 Å². The van der Waals surface area contributed by atoms with Gasteiger partial charge < -0.3 is 10.6 Å². The van der Waals surface area contributed by atoms with Gasteiger partial charge in [-0.25, -0.2) is 4.98 Å². The summed E-state index contributed by atoms with van der Waals surface area (Å²) < 4.78 is 0.805. The number of nitrogens with zero attached hydrogens (tertiary/aromatic N) is 1. The van der Waals surface area contributed by atoms with Crippen LogP contribution in [0.3, 0.4) is 0 Å². The van der Waals surface area contributed by atoms with Gasteiger partial charge in [0.25, 0.3) is 0 Å². The van der Waals surface area contributed by atoms with Crippen LogP contribution in [0.1, 0.15) is 19.3 Å². The first-order chi connectivity index (χ1) is 9.11. The molecule has 1 amide bonds. The zero-order valence-electron chi connectivity index (χ0n) is 10.4. The molecule has 1 saturated carbocycles. The maximum atomic E-state index is 12.3. The number of anilines is 1. The lowest BCUT2D eigenvalue weighted by molar-refractivity contribution is -0.118. The monoisotopic (exact) mass is 343 g/mol. The number of pyridine rings is 1. The standard InChI is InChI=1S/C13H15BrClN3O/c14-8-5-10(11(15)17-7-8)18-12(19)9-6-13(9)1-3-16-4-2-13/h5,7,9,16H,1-4,6H2,(H,18,19). The second-order valence-corrected chi connectivity index (χ2v) is 6.62. The first-order valence-corrected chi connectivity index (χ1v) is 7.60. The van der Waals surface area contributed by atoms with Crippen LogP contribution in [0.4, 0.5) is 5.69 Å². The van der Waals surface area contributed by atoms with Crippen LogP contribution in [-0.4, -0.2) is 24.0 Å². The Morgan fingerprint density at radius 3 is 3.00 bits per heavy atom. The van der Waals surface area contributed by atoms with Crippen molar-refractivity contribution in [3.8, 4) is 0 Å². The summed E-state index contributed by atoms with van der Waals surface area (Å²) in [4.78, 5) is 16.3. The second-order valence-electron chi connectivity index (χ2n) is 5.35. The van der Waals surface area contributed by atoms with E-state index in [1.807, 2.05) is 0 Å². The number of amides is 1. The number of halogens is 2. The molecule has 1 spiro atoms. The number of aromatic nitrogens is 1. The maximum Gasteiger partial charge on any atom is 0.228 e. The summed E-state index contributed by atoms with van der Waals surface area (Å²) in [6.45, 7) is 2.03. The van der Waals surface area contributed by atoms with Crippen molar-refractivity contribution in [1.29, 1.82) is 0 Å². The molecular formula is C13H15BrClN3O. The fourth-order valence-corrected chi connectivity index (χ4v) is 3.41. The van der Waals surface area contributed by atoms with Gasteiger partial charge in [-0.3, -0.25) is 4.79 Å². The third kappa shape index (κ3) is 2.64. The predicted molar refractivity (Wildman–Crippen MR) is 78.2 cm³/mol. The molecule has 0 radical (unpaired) electrons. The Morgan fingerprint density at radius 2 is 2.26 bits per heavy atom. The number of carbonyl (C=O) groups excluding carboxylic acids is 1. The van der Waals surface area contributed by atoms with Crippen LogP contribution in [0, 0.1) is 11.3 Å². The molecule has 102 valence electrons. The maximum absolute atomic E-state index is 12.3. The first-order valence-electron chi connectivity index (χ1n) is 6.43. The highest BCUT2D eigenvalue weighted by Crippen LogP contribution is 2.58. The number of hydrogen-bond acceptors (Lipinski definition) is 3. The van der Waals surface area contributed by atoms with E-state index >= 15 is 0 Å². The molecule has 2 aliphatic rings. The normalized spacial score (nSPS) is 24.2.